The van der Waals surface area contributed by atoms with Gasteiger partial charge in [0.15, 0.2) is 0 Å². The summed E-state index contributed by atoms with van der Waals surface area (Å²) in [5.74, 6) is -0.0664. The molecule has 1 aliphatic rings. The molecule has 1 aromatic heterocycles. The molecule has 104 valence electrons. The third kappa shape index (κ3) is 3.32. The molecule has 0 fully saturated rings. The lowest BCUT2D eigenvalue weighted by Crippen LogP contribution is -2.32. The molecule has 2 rings (SSSR count). The number of hydrogen-bond acceptors (Lipinski definition) is 5. The van der Waals surface area contributed by atoms with Crippen molar-refractivity contribution in [2.45, 2.75) is 46.1 Å². The van der Waals surface area contributed by atoms with Gasteiger partial charge in [0.05, 0.1) is 23.0 Å². The number of nitrogens with one attached hydrogen (secondary N) is 1. The van der Waals surface area contributed by atoms with Gasteiger partial charge in [0.1, 0.15) is 11.0 Å². The van der Waals surface area contributed by atoms with Crippen LogP contribution < -0.4 is 5.32 Å². The average molecular weight is 281 g/mol. The van der Waals surface area contributed by atoms with Gasteiger partial charge < -0.3 is 10.2 Å². The van der Waals surface area contributed by atoms with Crippen molar-refractivity contribution >= 4 is 23.0 Å². The first-order valence-corrected chi connectivity index (χ1v) is 7.41. The first kappa shape index (κ1) is 14.0. The Hall–Kier alpha value is -1.43. The Morgan fingerprint density at radius 2 is 2.26 bits per heavy atom. The summed E-state index contributed by atoms with van der Waals surface area (Å²) in [6, 6.07) is 0. The van der Waals surface area contributed by atoms with E-state index in [9.17, 15) is 4.79 Å². The van der Waals surface area contributed by atoms with Gasteiger partial charge in [-0.25, -0.2) is 4.98 Å². The molecule has 2 heterocycles. The second-order valence-corrected chi connectivity index (χ2v) is 5.61. The van der Waals surface area contributed by atoms with Crippen LogP contribution in [-0.2, 0) is 11.3 Å². The molecular formula is C13H19N3O2S. The number of thiazole rings is 1. The molecule has 0 bridgehead atoms. The SMILES string of the molecule is CCC1=NO[C@H](CNC(=O)c2sc(CC)nc2C)C1. The fourth-order valence-corrected chi connectivity index (χ4v) is 2.83. The van der Waals surface area contributed by atoms with Gasteiger partial charge in [-0.3, -0.25) is 4.79 Å². The van der Waals surface area contributed by atoms with Crippen LogP contribution in [0.2, 0.25) is 0 Å². The van der Waals surface area contributed by atoms with Crippen LogP contribution in [0.5, 0.6) is 0 Å². The molecule has 1 N–H and O–H groups in total. The molecule has 0 aromatic carbocycles. The summed E-state index contributed by atoms with van der Waals surface area (Å²) in [7, 11) is 0. The predicted molar refractivity (Wildman–Crippen MR) is 75.8 cm³/mol. The van der Waals surface area contributed by atoms with Gasteiger partial charge in [0.2, 0.25) is 0 Å². The number of carbonyl (C=O) groups is 1. The first-order valence-electron chi connectivity index (χ1n) is 6.60. The van der Waals surface area contributed by atoms with Crippen molar-refractivity contribution in [3.8, 4) is 0 Å². The zero-order chi connectivity index (χ0) is 13.8. The Morgan fingerprint density at radius 3 is 2.84 bits per heavy atom. The second-order valence-electron chi connectivity index (χ2n) is 4.53. The van der Waals surface area contributed by atoms with Crippen LogP contribution in [0.4, 0.5) is 0 Å². The lowest BCUT2D eigenvalue weighted by atomic mass is 10.1. The molecule has 0 aliphatic carbocycles. The monoisotopic (exact) mass is 281 g/mol. The number of rotatable bonds is 5. The van der Waals surface area contributed by atoms with Crippen molar-refractivity contribution in [3.05, 3.63) is 15.6 Å². The Morgan fingerprint density at radius 1 is 1.47 bits per heavy atom. The topological polar surface area (TPSA) is 63.6 Å². The summed E-state index contributed by atoms with van der Waals surface area (Å²) in [6.45, 7) is 6.45. The maximum atomic E-state index is 12.1. The van der Waals surface area contributed by atoms with Crippen LogP contribution in [0.15, 0.2) is 5.16 Å². The average Bonchev–Trinajstić information content (AvgIpc) is 3.02. The maximum absolute atomic E-state index is 12.1. The molecule has 0 radical (unpaired) electrons. The van der Waals surface area contributed by atoms with E-state index >= 15 is 0 Å². The standard InChI is InChI=1S/C13H19N3O2S/c1-4-9-6-10(18-16-9)7-14-13(17)12-8(3)15-11(5-2)19-12/h10H,4-7H2,1-3H3,(H,14,17)/t10-/m0/s1. The first-order chi connectivity index (χ1) is 9.13. The molecule has 5 nitrogen and oxygen atoms in total. The molecule has 1 aliphatic heterocycles. The van der Waals surface area contributed by atoms with E-state index < -0.39 is 0 Å². The van der Waals surface area contributed by atoms with E-state index in [1.54, 1.807) is 0 Å². The van der Waals surface area contributed by atoms with E-state index in [4.69, 9.17) is 4.84 Å². The van der Waals surface area contributed by atoms with E-state index in [2.05, 4.69) is 22.4 Å². The molecule has 0 unspecified atom stereocenters. The third-order valence-electron chi connectivity index (χ3n) is 3.04. The molecule has 0 spiro atoms. The molecule has 6 heteroatoms. The Balaban J connectivity index is 1.86. The molecule has 1 aromatic rings. The second kappa shape index (κ2) is 6.14. The fraction of sp³-hybridized carbons (Fsp3) is 0.615. The van der Waals surface area contributed by atoms with Gasteiger partial charge in [-0.15, -0.1) is 11.3 Å². The van der Waals surface area contributed by atoms with Gasteiger partial charge in [-0.05, 0) is 19.8 Å². The predicted octanol–water partition coefficient (Wildman–Crippen LogP) is 2.30. The summed E-state index contributed by atoms with van der Waals surface area (Å²) < 4.78 is 0. The highest BCUT2D eigenvalue weighted by atomic mass is 32.1. The van der Waals surface area contributed by atoms with E-state index in [0.717, 1.165) is 35.7 Å². The van der Waals surface area contributed by atoms with E-state index in [1.165, 1.54) is 11.3 Å². The number of hydrogen-bond donors (Lipinski definition) is 1. The van der Waals surface area contributed by atoms with Crippen molar-refractivity contribution in [2.24, 2.45) is 5.16 Å². The number of aryl methyl sites for hydroxylation is 2. The highest BCUT2D eigenvalue weighted by Gasteiger charge is 2.21. The largest absolute Gasteiger partial charge is 0.390 e. The van der Waals surface area contributed by atoms with Crippen LogP contribution in [0, 0.1) is 6.92 Å². The number of nitrogens with zero attached hydrogens (tertiary/aromatic N) is 2. The highest BCUT2D eigenvalue weighted by Crippen LogP contribution is 2.18. The lowest BCUT2D eigenvalue weighted by molar-refractivity contribution is 0.0755. The molecule has 19 heavy (non-hydrogen) atoms. The molecule has 0 saturated carbocycles. The smallest absolute Gasteiger partial charge is 0.263 e. The number of amides is 1. The van der Waals surface area contributed by atoms with Crippen molar-refractivity contribution in [3.63, 3.8) is 0 Å². The summed E-state index contributed by atoms with van der Waals surface area (Å²) >= 11 is 1.46. The van der Waals surface area contributed by atoms with Crippen molar-refractivity contribution in [1.29, 1.82) is 0 Å². The third-order valence-corrected chi connectivity index (χ3v) is 4.34. The van der Waals surface area contributed by atoms with Crippen LogP contribution in [-0.4, -0.2) is 29.3 Å². The van der Waals surface area contributed by atoms with Crippen molar-refractivity contribution < 1.29 is 9.63 Å². The van der Waals surface area contributed by atoms with E-state index in [-0.39, 0.29) is 12.0 Å². The quantitative estimate of drug-likeness (QED) is 0.900. The van der Waals surface area contributed by atoms with Gasteiger partial charge in [-0.2, -0.15) is 0 Å². The van der Waals surface area contributed by atoms with Crippen molar-refractivity contribution in [1.82, 2.24) is 10.3 Å². The van der Waals surface area contributed by atoms with E-state index in [0.29, 0.717) is 11.4 Å². The molecule has 1 amide bonds. The molecular weight excluding hydrogens is 262 g/mol. The number of carbonyl (C=O) groups excluding carboxylic acids is 1. The Bertz CT molecular complexity index is 496. The van der Waals surface area contributed by atoms with Crippen LogP contribution in [0.25, 0.3) is 0 Å². The van der Waals surface area contributed by atoms with Gasteiger partial charge in [0.25, 0.3) is 5.91 Å². The normalized spacial score (nSPS) is 18.1. The molecule has 0 saturated heterocycles. The number of oxime groups is 1. The Kier molecular flexibility index (Phi) is 4.52. The molecule has 1 atom stereocenters. The number of aromatic nitrogens is 1. The zero-order valence-corrected chi connectivity index (χ0v) is 12.3. The lowest BCUT2D eigenvalue weighted by Gasteiger charge is -2.09. The summed E-state index contributed by atoms with van der Waals surface area (Å²) in [4.78, 5) is 22.4. The van der Waals surface area contributed by atoms with Crippen molar-refractivity contribution in [2.75, 3.05) is 6.54 Å². The summed E-state index contributed by atoms with van der Waals surface area (Å²) in [5.41, 5.74) is 1.86. The summed E-state index contributed by atoms with van der Waals surface area (Å²) in [5, 5.41) is 7.87. The minimum Gasteiger partial charge on any atom is -0.390 e. The van der Waals surface area contributed by atoms with Crippen LogP contribution in [0.1, 0.15) is 47.1 Å². The summed E-state index contributed by atoms with van der Waals surface area (Å²) in [6.07, 6.45) is 2.53. The Labute approximate surface area is 117 Å². The minimum atomic E-state index is -0.0664. The fourth-order valence-electron chi connectivity index (χ4n) is 1.91. The van der Waals surface area contributed by atoms with Gasteiger partial charge >= 0.3 is 0 Å². The minimum absolute atomic E-state index is 0.0298. The highest BCUT2D eigenvalue weighted by molar-refractivity contribution is 7.13. The van der Waals surface area contributed by atoms with Crippen LogP contribution in [0.3, 0.4) is 0 Å². The van der Waals surface area contributed by atoms with Gasteiger partial charge in [0, 0.05) is 6.42 Å². The van der Waals surface area contributed by atoms with E-state index in [1.807, 2.05) is 13.8 Å². The van der Waals surface area contributed by atoms with Crippen LogP contribution >= 0.6 is 11.3 Å². The maximum Gasteiger partial charge on any atom is 0.263 e. The van der Waals surface area contributed by atoms with Gasteiger partial charge in [-0.1, -0.05) is 19.0 Å². The zero-order valence-electron chi connectivity index (χ0n) is 11.5.